The average molecular weight is 272 g/mol. The molecule has 0 heterocycles. The lowest BCUT2D eigenvalue weighted by molar-refractivity contribution is 0.0543. The van der Waals surface area contributed by atoms with Gasteiger partial charge >= 0.3 is 0 Å². The normalized spacial score (nSPS) is 24.6. The van der Waals surface area contributed by atoms with Crippen molar-refractivity contribution in [1.82, 2.24) is 4.90 Å². The van der Waals surface area contributed by atoms with Gasteiger partial charge in [0.2, 0.25) is 0 Å². The van der Waals surface area contributed by atoms with Crippen molar-refractivity contribution >= 4 is 0 Å². The maximum absolute atomic E-state index is 6.37. The van der Waals surface area contributed by atoms with E-state index in [4.69, 9.17) is 15.2 Å². The molecule has 0 amide bonds. The fourth-order valence-electron chi connectivity index (χ4n) is 2.87. The molecule has 0 bridgehead atoms. The highest BCUT2D eigenvalue weighted by atomic mass is 16.5. The molecule has 1 fully saturated rings. The Balaban J connectivity index is 2.47. The Labute approximate surface area is 118 Å². The van der Waals surface area contributed by atoms with Crippen molar-refractivity contribution in [2.45, 2.75) is 58.0 Å². The molecular formula is C15H32N2O2. The van der Waals surface area contributed by atoms with Gasteiger partial charge in [-0.15, -0.1) is 0 Å². The molecular weight excluding hydrogens is 240 g/mol. The third kappa shape index (κ3) is 6.70. The van der Waals surface area contributed by atoms with Crippen LogP contribution in [0.5, 0.6) is 0 Å². The topological polar surface area (TPSA) is 47.7 Å². The van der Waals surface area contributed by atoms with E-state index in [0.29, 0.717) is 12.1 Å². The lowest BCUT2D eigenvalue weighted by atomic mass is 10.0. The molecule has 2 unspecified atom stereocenters. The largest absolute Gasteiger partial charge is 0.380 e. The summed E-state index contributed by atoms with van der Waals surface area (Å²) in [5.74, 6) is 0. The highest BCUT2D eigenvalue weighted by molar-refractivity contribution is 4.84. The molecule has 19 heavy (non-hydrogen) atoms. The van der Waals surface area contributed by atoms with Crippen LogP contribution >= 0.6 is 0 Å². The average Bonchev–Trinajstić information content (AvgIpc) is 2.62. The van der Waals surface area contributed by atoms with Gasteiger partial charge < -0.3 is 15.2 Å². The Kier molecular flexibility index (Phi) is 9.43. The van der Waals surface area contributed by atoms with Gasteiger partial charge in [-0.2, -0.15) is 0 Å². The van der Waals surface area contributed by atoms with Crippen LogP contribution in [-0.4, -0.2) is 56.5 Å². The molecule has 114 valence electrons. The van der Waals surface area contributed by atoms with Crippen molar-refractivity contribution in [3.8, 4) is 0 Å². The first-order valence-electron chi connectivity index (χ1n) is 7.94. The number of hydrogen-bond acceptors (Lipinski definition) is 4. The fourth-order valence-corrected chi connectivity index (χ4v) is 2.87. The molecule has 0 radical (unpaired) electrons. The lowest BCUT2D eigenvalue weighted by Crippen LogP contribution is -2.49. The van der Waals surface area contributed by atoms with E-state index >= 15 is 0 Å². The molecule has 1 rings (SSSR count). The van der Waals surface area contributed by atoms with E-state index in [0.717, 1.165) is 45.9 Å². The molecule has 0 aromatic heterocycles. The molecule has 1 saturated carbocycles. The van der Waals surface area contributed by atoms with E-state index in [-0.39, 0.29) is 0 Å². The van der Waals surface area contributed by atoms with Crippen LogP contribution in [0.2, 0.25) is 0 Å². The quantitative estimate of drug-likeness (QED) is 0.515. The van der Waals surface area contributed by atoms with Crippen LogP contribution in [0.4, 0.5) is 0 Å². The van der Waals surface area contributed by atoms with Gasteiger partial charge in [0, 0.05) is 38.4 Å². The van der Waals surface area contributed by atoms with Crippen LogP contribution in [0.3, 0.4) is 0 Å². The molecule has 0 aromatic carbocycles. The molecule has 2 atom stereocenters. The van der Waals surface area contributed by atoms with Gasteiger partial charge in [0.05, 0.1) is 13.2 Å². The van der Waals surface area contributed by atoms with Gasteiger partial charge in [-0.1, -0.05) is 19.3 Å². The van der Waals surface area contributed by atoms with Crippen LogP contribution in [0.25, 0.3) is 0 Å². The lowest BCUT2D eigenvalue weighted by Gasteiger charge is -2.34. The summed E-state index contributed by atoms with van der Waals surface area (Å²) in [6.45, 7) is 9.20. The SMILES string of the molecule is CCOCCN(CCOCC)C1CCCCCC1N. The van der Waals surface area contributed by atoms with Crippen LogP contribution in [0.1, 0.15) is 46.0 Å². The molecule has 1 aliphatic carbocycles. The minimum Gasteiger partial charge on any atom is -0.380 e. The number of hydrogen-bond donors (Lipinski definition) is 1. The van der Waals surface area contributed by atoms with E-state index in [9.17, 15) is 0 Å². The van der Waals surface area contributed by atoms with Crippen molar-refractivity contribution in [2.24, 2.45) is 5.73 Å². The molecule has 0 aromatic rings. The molecule has 0 aliphatic heterocycles. The summed E-state index contributed by atoms with van der Waals surface area (Å²) < 4.78 is 11.0. The van der Waals surface area contributed by atoms with E-state index in [2.05, 4.69) is 4.90 Å². The third-order valence-corrected chi connectivity index (χ3v) is 3.95. The Hall–Kier alpha value is -0.160. The highest BCUT2D eigenvalue weighted by Gasteiger charge is 2.25. The fraction of sp³-hybridized carbons (Fsp3) is 1.00. The summed E-state index contributed by atoms with van der Waals surface area (Å²) >= 11 is 0. The second kappa shape index (κ2) is 10.6. The van der Waals surface area contributed by atoms with Crippen molar-refractivity contribution in [2.75, 3.05) is 39.5 Å². The van der Waals surface area contributed by atoms with Gasteiger partial charge in [-0.05, 0) is 26.7 Å². The molecule has 0 saturated heterocycles. The second-order valence-corrected chi connectivity index (χ2v) is 5.30. The maximum atomic E-state index is 6.37. The van der Waals surface area contributed by atoms with Crippen LogP contribution in [0.15, 0.2) is 0 Å². The van der Waals surface area contributed by atoms with Crippen LogP contribution < -0.4 is 5.73 Å². The summed E-state index contributed by atoms with van der Waals surface area (Å²) in [6, 6.07) is 0.814. The standard InChI is InChI=1S/C15H32N2O2/c1-3-18-12-10-17(11-13-19-4-2)15-9-7-5-6-8-14(15)16/h14-15H,3-13,16H2,1-2H3. The van der Waals surface area contributed by atoms with Crippen molar-refractivity contribution in [3.63, 3.8) is 0 Å². The predicted molar refractivity (Wildman–Crippen MR) is 79.4 cm³/mol. The zero-order chi connectivity index (χ0) is 13.9. The first-order chi connectivity index (χ1) is 9.29. The zero-order valence-electron chi connectivity index (χ0n) is 12.8. The highest BCUT2D eigenvalue weighted by Crippen LogP contribution is 2.21. The van der Waals surface area contributed by atoms with E-state index in [1.807, 2.05) is 13.8 Å². The maximum Gasteiger partial charge on any atom is 0.0593 e. The number of nitrogens with two attached hydrogens (primary N) is 1. The third-order valence-electron chi connectivity index (χ3n) is 3.95. The zero-order valence-corrected chi connectivity index (χ0v) is 12.8. The minimum atomic E-state index is 0.311. The van der Waals surface area contributed by atoms with E-state index in [1.54, 1.807) is 0 Å². The van der Waals surface area contributed by atoms with Gasteiger partial charge in [0.25, 0.3) is 0 Å². The molecule has 1 aliphatic rings. The van der Waals surface area contributed by atoms with Crippen LogP contribution in [0, 0.1) is 0 Å². The van der Waals surface area contributed by atoms with Crippen molar-refractivity contribution < 1.29 is 9.47 Å². The van der Waals surface area contributed by atoms with E-state index < -0.39 is 0 Å². The second-order valence-electron chi connectivity index (χ2n) is 5.30. The summed E-state index contributed by atoms with van der Waals surface area (Å²) in [6.07, 6.45) is 6.29. The smallest absolute Gasteiger partial charge is 0.0593 e. The molecule has 0 spiro atoms. The van der Waals surface area contributed by atoms with Crippen molar-refractivity contribution in [1.29, 1.82) is 0 Å². The minimum absolute atomic E-state index is 0.311. The van der Waals surface area contributed by atoms with Gasteiger partial charge in [0.15, 0.2) is 0 Å². The monoisotopic (exact) mass is 272 g/mol. The Morgan fingerprint density at radius 2 is 1.53 bits per heavy atom. The molecule has 2 N–H and O–H groups in total. The number of rotatable bonds is 9. The summed E-state index contributed by atoms with van der Waals surface area (Å²) in [5, 5.41) is 0. The Morgan fingerprint density at radius 3 is 2.11 bits per heavy atom. The van der Waals surface area contributed by atoms with E-state index in [1.165, 1.54) is 25.7 Å². The van der Waals surface area contributed by atoms with Gasteiger partial charge in [-0.25, -0.2) is 0 Å². The van der Waals surface area contributed by atoms with Gasteiger partial charge in [0.1, 0.15) is 0 Å². The number of nitrogens with zero attached hydrogens (tertiary/aromatic N) is 1. The van der Waals surface area contributed by atoms with Crippen molar-refractivity contribution in [3.05, 3.63) is 0 Å². The predicted octanol–water partition coefficient (Wildman–Crippen LogP) is 2.02. The molecule has 4 nitrogen and oxygen atoms in total. The first-order valence-corrected chi connectivity index (χ1v) is 7.94. The first kappa shape index (κ1) is 16.9. The number of ether oxygens (including phenoxy) is 2. The summed E-state index contributed by atoms with van der Waals surface area (Å²) in [7, 11) is 0. The summed E-state index contributed by atoms with van der Waals surface area (Å²) in [5.41, 5.74) is 6.37. The van der Waals surface area contributed by atoms with Gasteiger partial charge in [-0.3, -0.25) is 4.90 Å². The Bertz CT molecular complexity index is 204. The molecule has 4 heteroatoms. The summed E-state index contributed by atoms with van der Waals surface area (Å²) in [4.78, 5) is 2.49. The van der Waals surface area contributed by atoms with Crippen LogP contribution in [-0.2, 0) is 9.47 Å². The Morgan fingerprint density at radius 1 is 0.947 bits per heavy atom.